The Balaban J connectivity index is 2.06. The highest BCUT2D eigenvalue weighted by Crippen LogP contribution is 2.09. The first-order chi connectivity index (χ1) is 9.29. The van der Waals surface area contributed by atoms with Crippen LogP contribution in [0.4, 0.5) is 0 Å². The van der Waals surface area contributed by atoms with Crippen molar-refractivity contribution in [1.29, 1.82) is 0 Å². The van der Waals surface area contributed by atoms with Gasteiger partial charge < -0.3 is 10.5 Å². The lowest BCUT2D eigenvalue weighted by Crippen LogP contribution is -2.12. The zero-order valence-electron chi connectivity index (χ0n) is 10.7. The van der Waals surface area contributed by atoms with Gasteiger partial charge in [0.15, 0.2) is 5.84 Å². The van der Waals surface area contributed by atoms with Crippen LogP contribution in [0.25, 0.3) is 0 Å². The zero-order valence-corrected chi connectivity index (χ0v) is 10.7. The lowest BCUT2D eigenvalue weighted by atomic mass is 10.2. The van der Waals surface area contributed by atoms with Crippen LogP contribution < -0.4 is 10.5 Å². The second-order valence-corrected chi connectivity index (χ2v) is 3.87. The van der Waals surface area contributed by atoms with Crippen LogP contribution >= 0.6 is 0 Å². The monoisotopic (exact) mass is 253 g/mol. The smallest absolute Gasteiger partial charge is 0.153 e. The molecular formula is C15H15N3O. The summed E-state index contributed by atoms with van der Waals surface area (Å²) in [6.45, 7) is 0. The van der Waals surface area contributed by atoms with Crippen molar-refractivity contribution >= 4 is 12.1 Å². The molecule has 96 valence electrons. The van der Waals surface area contributed by atoms with Crippen LogP contribution in [-0.2, 0) is 0 Å². The number of amidine groups is 1. The van der Waals surface area contributed by atoms with Gasteiger partial charge in [0.1, 0.15) is 5.75 Å². The molecule has 0 radical (unpaired) electrons. The molecule has 2 rings (SSSR count). The fraction of sp³-hybridized carbons (Fsp3) is 0.0667. The summed E-state index contributed by atoms with van der Waals surface area (Å²) in [5.41, 5.74) is 7.61. The van der Waals surface area contributed by atoms with E-state index in [-0.39, 0.29) is 0 Å². The predicted octanol–water partition coefficient (Wildman–Crippen LogP) is 2.43. The maximum Gasteiger partial charge on any atom is 0.153 e. The minimum Gasteiger partial charge on any atom is -0.497 e. The van der Waals surface area contributed by atoms with Gasteiger partial charge in [0.05, 0.1) is 13.3 Å². The van der Waals surface area contributed by atoms with Gasteiger partial charge in [-0.1, -0.05) is 30.3 Å². The number of benzene rings is 2. The van der Waals surface area contributed by atoms with E-state index in [2.05, 4.69) is 10.2 Å². The van der Waals surface area contributed by atoms with Crippen molar-refractivity contribution in [3.63, 3.8) is 0 Å². The van der Waals surface area contributed by atoms with Crippen LogP contribution in [0, 0.1) is 0 Å². The molecule has 0 unspecified atom stereocenters. The second-order valence-electron chi connectivity index (χ2n) is 3.87. The van der Waals surface area contributed by atoms with Crippen molar-refractivity contribution in [2.24, 2.45) is 15.9 Å². The van der Waals surface area contributed by atoms with E-state index in [1.54, 1.807) is 13.3 Å². The third-order valence-corrected chi connectivity index (χ3v) is 2.56. The van der Waals surface area contributed by atoms with Gasteiger partial charge in [0.2, 0.25) is 0 Å². The van der Waals surface area contributed by atoms with E-state index in [9.17, 15) is 0 Å². The Bertz CT molecular complexity index is 574. The molecule has 0 aliphatic heterocycles. The van der Waals surface area contributed by atoms with Crippen molar-refractivity contribution < 1.29 is 4.74 Å². The molecule has 0 amide bonds. The highest BCUT2D eigenvalue weighted by molar-refractivity contribution is 5.97. The molecule has 0 aliphatic rings. The van der Waals surface area contributed by atoms with Crippen LogP contribution in [0.15, 0.2) is 64.8 Å². The summed E-state index contributed by atoms with van der Waals surface area (Å²) < 4.78 is 5.08. The SMILES string of the molecule is COc1ccc(/C=N\N=C(N)c2ccccc2)cc1. The normalized spacial score (nSPS) is 11.7. The maximum atomic E-state index is 5.82. The lowest BCUT2D eigenvalue weighted by molar-refractivity contribution is 0.415. The molecule has 0 aliphatic carbocycles. The molecule has 0 fully saturated rings. The molecule has 0 spiro atoms. The Kier molecular flexibility index (Phi) is 4.29. The molecule has 4 nitrogen and oxygen atoms in total. The van der Waals surface area contributed by atoms with Gasteiger partial charge >= 0.3 is 0 Å². The van der Waals surface area contributed by atoms with E-state index in [4.69, 9.17) is 10.5 Å². The van der Waals surface area contributed by atoms with Crippen molar-refractivity contribution in [2.75, 3.05) is 7.11 Å². The molecule has 2 aromatic carbocycles. The first kappa shape index (κ1) is 12.8. The van der Waals surface area contributed by atoms with E-state index >= 15 is 0 Å². The quantitative estimate of drug-likeness (QED) is 0.517. The van der Waals surface area contributed by atoms with E-state index in [1.165, 1.54) is 0 Å². The van der Waals surface area contributed by atoms with Gasteiger partial charge in [-0.15, -0.1) is 5.10 Å². The van der Waals surface area contributed by atoms with Crippen LogP contribution in [0.1, 0.15) is 11.1 Å². The predicted molar refractivity (Wildman–Crippen MR) is 77.8 cm³/mol. The molecule has 0 aromatic heterocycles. The van der Waals surface area contributed by atoms with Crippen LogP contribution in [0.5, 0.6) is 5.75 Å². The number of rotatable bonds is 4. The number of hydrogen-bond acceptors (Lipinski definition) is 3. The average Bonchev–Trinajstić information content (AvgIpc) is 2.49. The van der Waals surface area contributed by atoms with E-state index < -0.39 is 0 Å². The van der Waals surface area contributed by atoms with Gasteiger partial charge in [-0.25, -0.2) is 0 Å². The summed E-state index contributed by atoms with van der Waals surface area (Å²) in [6.07, 6.45) is 1.65. The first-order valence-electron chi connectivity index (χ1n) is 5.85. The third-order valence-electron chi connectivity index (χ3n) is 2.56. The van der Waals surface area contributed by atoms with Crippen LogP contribution in [0.2, 0.25) is 0 Å². The topological polar surface area (TPSA) is 60.0 Å². The molecule has 2 aromatic rings. The Morgan fingerprint density at radius 2 is 1.74 bits per heavy atom. The maximum absolute atomic E-state index is 5.82. The Hall–Kier alpha value is -2.62. The number of nitrogens with two attached hydrogens (primary N) is 1. The molecule has 19 heavy (non-hydrogen) atoms. The van der Waals surface area contributed by atoms with E-state index in [0.29, 0.717) is 5.84 Å². The van der Waals surface area contributed by atoms with Crippen LogP contribution in [0.3, 0.4) is 0 Å². The molecule has 4 heteroatoms. The zero-order chi connectivity index (χ0) is 13.5. The second kappa shape index (κ2) is 6.35. The fourth-order valence-electron chi connectivity index (χ4n) is 1.51. The summed E-state index contributed by atoms with van der Waals surface area (Å²) in [6, 6.07) is 17.1. The number of nitrogens with zero attached hydrogens (tertiary/aromatic N) is 2. The fourth-order valence-corrected chi connectivity index (χ4v) is 1.51. The van der Waals surface area contributed by atoms with Gasteiger partial charge in [-0.2, -0.15) is 5.10 Å². The third kappa shape index (κ3) is 3.67. The highest BCUT2D eigenvalue weighted by atomic mass is 16.5. The molecule has 0 saturated carbocycles. The Morgan fingerprint density at radius 1 is 1.05 bits per heavy atom. The summed E-state index contributed by atoms with van der Waals surface area (Å²) in [5.74, 6) is 1.20. The van der Waals surface area contributed by atoms with Gasteiger partial charge in [-0.05, 0) is 29.8 Å². The van der Waals surface area contributed by atoms with Crippen molar-refractivity contribution in [3.05, 3.63) is 65.7 Å². The lowest BCUT2D eigenvalue weighted by Gasteiger charge is -1.98. The average molecular weight is 253 g/mol. The van der Waals surface area contributed by atoms with Crippen LogP contribution in [-0.4, -0.2) is 19.2 Å². The Morgan fingerprint density at radius 3 is 2.37 bits per heavy atom. The minimum atomic E-state index is 0.394. The summed E-state index contributed by atoms with van der Waals surface area (Å²) in [7, 11) is 1.63. The molecular weight excluding hydrogens is 238 g/mol. The Labute approximate surface area is 112 Å². The van der Waals surface area contributed by atoms with E-state index in [1.807, 2.05) is 54.6 Å². The highest BCUT2D eigenvalue weighted by Gasteiger charge is 1.95. The van der Waals surface area contributed by atoms with Gasteiger partial charge in [-0.3, -0.25) is 0 Å². The van der Waals surface area contributed by atoms with Crippen molar-refractivity contribution in [3.8, 4) is 5.75 Å². The minimum absolute atomic E-state index is 0.394. The van der Waals surface area contributed by atoms with Crippen molar-refractivity contribution in [1.82, 2.24) is 0 Å². The summed E-state index contributed by atoms with van der Waals surface area (Å²) in [4.78, 5) is 0. The van der Waals surface area contributed by atoms with E-state index in [0.717, 1.165) is 16.9 Å². The molecule has 0 bridgehead atoms. The standard InChI is InChI=1S/C15H15N3O/c1-19-14-9-7-12(8-10-14)11-17-18-15(16)13-5-3-2-4-6-13/h2-11H,1H3,(H2,16,18)/b17-11-. The molecule has 0 atom stereocenters. The first-order valence-corrected chi connectivity index (χ1v) is 5.85. The van der Waals surface area contributed by atoms with Gasteiger partial charge in [0, 0.05) is 5.56 Å². The van der Waals surface area contributed by atoms with Crippen molar-refractivity contribution in [2.45, 2.75) is 0 Å². The molecule has 0 heterocycles. The van der Waals surface area contributed by atoms with Gasteiger partial charge in [0.25, 0.3) is 0 Å². The summed E-state index contributed by atoms with van der Waals surface area (Å²) >= 11 is 0. The molecule has 2 N–H and O–H groups in total. The molecule has 0 saturated heterocycles. The largest absolute Gasteiger partial charge is 0.497 e. The summed E-state index contributed by atoms with van der Waals surface area (Å²) in [5, 5.41) is 7.94. The number of hydrogen-bond donors (Lipinski definition) is 1. The number of ether oxygens (including phenoxy) is 1. The number of methoxy groups -OCH3 is 1.